The van der Waals surface area contributed by atoms with E-state index in [-0.39, 0.29) is 12.2 Å². The number of hydrogen-bond donors (Lipinski definition) is 0. The summed E-state index contributed by atoms with van der Waals surface area (Å²) < 4.78 is 16.5. The highest BCUT2D eigenvalue weighted by atomic mass is 16.6. The Labute approximate surface area is 149 Å². The third-order valence-corrected chi connectivity index (χ3v) is 4.36. The molecule has 6 nitrogen and oxygen atoms in total. The van der Waals surface area contributed by atoms with Gasteiger partial charge >= 0.3 is 6.09 Å². The van der Waals surface area contributed by atoms with E-state index >= 15 is 0 Å². The lowest BCUT2D eigenvalue weighted by molar-refractivity contribution is 0.0607. The number of likely N-dealkylation sites (tertiary alicyclic amines) is 1. The quantitative estimate of drug-likeness (QED) is 0.736. The average Bonchev–Trinajstić information content (AvgIpc) is 2.60. The minimum Gasteiger partial charge on any atom is -0.493 e. The molecule has 0 bridgehead atoms. The van der Waals surface area contributed by atoms with Gasteiger partial charge in [0.25, 0.3) is 0 Å². The standard InChI is InChI=1S/C19H27NO5/c1-13(2)25-19(22)20-7-5-15(6-8-20)12-24-18-10-16(11-21)14(3)9-17(18)23-4/h9-11,13,15H,5-8,12H2,1-4H3. The zero-order chi connectivity index (χ0) is 18.4. The molecule has 1 fully saturated rings. The van der Waals surface area contributed by atoms with Crippen molar-refractivity contribution < 1.29 is 23.8 Å². The Morgan fingerprint density at radius 1 is 1.28 bits per heavy atom. The largest absolute Gasteiger partial charge is 0.493 e. The van der Waals surface area contributed by atoms with Crippen LogP contribution in [0.2, 0.25) is 0 Å². The number of benzene rings is 1. The van der Waals surface area contributed by atoms with Gasteiger partial charge in [-0.1, -0.05) is 0 Å². The lowest BCUT2D eigenvalue weighted by Crippen LogP contribution is -2.40. The van der Waals surface area contributed by atoms with E-state index < -0.39 is 0 Å². The summed E-state index contributed by atoms with van der Waals surface area (Å²) in [4.78, 5) is 24.8. The van der Waals surface area contributed by atoms with Crippen LogP contribution < -0.4 is 9.47 Å². The number of aryl methyl sites for hydroxylation is 1. The van der Waals surface area contributed by atoms with E-state index in [0.717, 1.165) is 24.7 Å². The van der Waals surface area contributed by atoms with Crippen molar-refractivity contribution in [1.82, 2.24) is 4.90 Å². The Morgan fingerprint density at radius 2 is 1.96 bits per heavy atom. The predicted octanol–water partition coefficient (Wildman–Crippen LogP) is 3.45. The molecule has 1 saturated heterocycles. The maximum atomic E-state index is 11.9. The van der Waals surface area contributed by atoms with Crippen molar-refractivity contribution in [3.63, 3.8) is 0 Å². The Balaban J connectivity index is 1.89. The fourth-order valence-electron chi connectivity index (χ4n) is 2.84. The Bertz CT molecular complexity index is 606. The van der Waals surface area contributed by atoms with Crippen molar-refractivity contribution in [2.75, 3.05) is 26.8 Å². The summed E-state index contributed by atoms with van der Waals surface area (Å²) in [6.07, 6.45) is 2.20. The van der Waals surface area contributed by atoms with Crippen molar-refractivity contribution in [1.29, 1.82) is 0 Å². The molecule has 0 radical (unpaired) electrons. The first-order valence-electron chi connectivity index (χ1n) is 8.66. The number of ether oxygens (including phenoxy) is 3. The smallest absolute Gasteiger partial charge is 0.410 e. The molecule has 0 aromatic heterocycles. The number of methoxy groups -OCH3 is 1. The van der Waals surface area contributed by atoms with Gasteiger partial charge in [-0.2, -0.15) is 0 Å². The van der Waals surface area contributed by atoms with Crippen LogP contribution in [0.25, 0.3) is 0 Å². The highest BCUT2D eigenvalue weighted by Gasteiger charge is 2.25. The third kappa shape index (κ3) is 5.11. The predicted molar refractivity (Wildman–Crippen MR) is 94.5 cm³/mol. The minimum absolute atomic E-state index is 0.102. The van der Waals surface area contributed by atoms with E-state index in [1.54, 1.807) is 18.1 Å². The summed E-state index contributed by atoms with van der Waals surface area (Å²) in [6, 6.07) is 3.53. The zero-order valence-electron chi connectivity index (χ0n) is 15.4. The maximum Gasteiger partial charge on any atom is 0.410 e. The highest BCUT2D eigenvalue weighted by molar-refractivity contribution is 5.79. The van der Waals surface area contributed by atoms with Crippen molar-refractivity contribution in [2.24, 2.45) is 5.92 Å². The number of carbonyl (C=O) groups is 2. The fourth-order valence-corrected chi connectivity index (χ4v) is 2.84. The van der Waals surface area contributed by atoms with Gasteiger partial charge in [-0.3, -0.25) is 4.79 Å². The zero-order valence-corrected chi connectivity index (χ0v) is 15.4. The van der Waals surface area contributed by atoms with Crippen molar-refractivity contribution in [3.8, 4) is 11.5 Å². The number of amides is 1. The average molecular weight is 349 g/mol. The molecule has 1 heterocycles. The normalized spacial score (nSPS) is 15.2. The Morgan fingerprint density at radius 3 is 2.52 bits per heavy atom. The third-order valence-electron chi connectivity index (χ3n) is 4.36. The molecule has 138 valence electrons. The summed E-state index contributed by atoms with van der Waals surface area (Å²) in [5.41, 5.74) is 1.46. The van der Waals surface area contributed by atoms with Crippen LogP contribution in [0.5, 0.6) is 11.5 Å². The van der Waals surface area contributed by atoms with Gasteiger partial charge in [0, 0.05) is 18.7 Å². The number of nitrogens with zero attached hydrogens (tertiary/aromatic N) is 1. The Hall–Kier alpha value is -2.24. The van der Waals surface area contributed by atoms with Gasteiger partial charge in [0.05, 0.1) is 19.8 Å². The summed E-state index contributed by atoms with van der Waals surface area (Å²) in [5, 5.41) is 0. The van der Waals surface area contributed by atoms with Gasteiger partial charge in [-0.25, -0.2) is 4.79 Å². The molecule has 25 heavy (non-hydrogen) atoms. The monoisotopic (exact) mass is 349 g/mol. The number of hydrogen-bond acceptors (Lipinski definition) is 5. The van der Waals surface area contributed by atoms with E-state index in [4.69, 9.17) is 14.2 Å². The first-order valence-corrected chi connectivity index (χ1v) is 8.66. The molecule has 0 unspecified atom stereocenters. The molecule has 1 aliphatic rings. The summed E-state index contributed by atoms with van der Waals surface area (Å²) in [6.45, 7) is 7.43. The van der Waals surface area contributed by atoms with Crippen LogP contribution >= 0.6 is 0 Å². The van der Waals surface area contributed by atoms with Crippen LogP contribution in [0, 0.1) is 12.8 Å². The molecule has 1 aromatic carbocycles. The van der Waals surface area contributed by atoms with Gasteiger partial charge < -0.3 is 19.1 Å². The minimum atomic E-state index is -0.245. The van der Waals surface area contributed by atoms with Crippen molar-refractivity contribution in [3.05, 3.63) is 23.3 Å². The second-order valence-corrected chi connectivity index (χ2v) is 6.65. The lowest BCUT2D eigenvalue weighted by Gasteiger charge is -2.31. The van der Waals surface area contributed by atoms with E-state index in [0.29, 0.717) is 42.7 Å². The molecule has 0 N–H and O–H groups in total. The van der Waals surface area contributed by atoms with Gasteiger partial charge in [-0.05, 0) is 57.2 Å². The molecule has 1 aliphatic heterocycles. The molecule has 1 aromatic rings. The van der Waals surface area contributed by atoms with Crippen LogP contribution in [0.1, 0.15) is 42.6 Å². The van der Waals surface area contributed by atoms with Gasteiger partial charge in [0.1, 0.15) is 6.29 Å². The van der Waals surface area contributed by atoms with Crippen LogP contribution in [-0.4, -0.2) is 50.2 Å². The summed E-state index contributed by atoms with van der Waals surface area (Å²) in [7, 11) is 1.58. The number of piperidine rings is 1. The first kappa shape index (κ1) is 19.1. The van der Waals surface area contributed by atoms with Gasteiger partial charge in [0.2, 0.25) is 0 Å². The van der Waals surface area contributed by atoms with Gasteiger partial charge in [0.15, 0.2) is 11.5 Å². The molecule has 0 saturated carbocycles. The van der Waals surface area contributed by atoms with E-state index in [2.05, 4.69) is 0 Å². The molecule has 0 atom stereocenters. The highest BCUT2D eigenvalue weighted by Crippen LogP contribution is 2.31. The van der Waals surface area contributed by atoms with E-state index in [1.165, 1.54) is 0 Å². The van der Waals surface area contributed by atoms with E-state index in [1.807, 2.05) is 26.8 Å². The number of rotatable bonds is 6. The van der Waals surface area contributed by atoms with Crippen molar-refractivity contribution >= 4 is 12.4 Å². The Kier molecular flexibility index (Phi) is 6.67. The lowest BCUT2D eigenvalue weighted by atomic mass is 9.98. The van der Waals surface area contributed by atoms with Crippen LogP contribution in [0.15, 0.2) is 12.1 Å². The molecule has 6 heteroatoms. The number of carbonyl (C=O) groups excluding carboxylic acids is 2. The molecule has 1 amide bonds. The second-order valence-electron chi connectivity index (χ2n) is 6.65. The first-order chi connectivity index (χ1) is 11.9. The molecule has 0 aliphatic carbocycles. The van der Waals surface area contributed by atoms with E-state index in [9.17, 15) is 9.59 Å². The fraction of sp³-hybridized carbons (Fsp3) is 0.579. The molecule has 2 rings (SSSR count). The maximum absolute atomic E-state index is 11.9. The SMILES string of the molecule is COc1cc(C)c(C=O)cc1OCC1CCN(C(=O)OC(C)C)CC1. The van der Waals surface area contributed by atoms with Crippen LogP contribution in [-0.2, 0) is 4.74 Å². The van der Waals surface area contributed by atoms with Crippen LogP contribution in [0.4, 0.5) is 4.79 Å². The second kappa shape index (κ2) is 8.74. The van der Waals surface area contributed by atoms with Crippen molar-refractivity contribution in [2.45, 2.75) is 39.7 Å². The molecule has 0 spiro atoms. The summed E-state index contributed by atoms with van der Waals surface area (Å²) >= 11 is 0. The van der Waals surface area contributed by atoms with Crippen LogP contribution in [0.3, 0.4) is 0 Å². The van der Waals surface area contributed by atoms with Gasteiger partial charge in [-0.15, -0.1) is 0 Å². The topological polar surface area (TPSA) is 65.1 Å². The summed E-state index contributed by atoms with van der Waals surface area (Å²) in [5.74, 6) is 1.56. The molecular formula is C19H27NO5. The molecular weight excluding hydrogens is 322 g/mol. The number of aldehydes is 1.